The third kappa shape index (κ3) is 5.95. The van der Waals surface area contributed by atoms with E-state index in [4.69, 9.17) is 28.2 Å². The van der Waals surface area contributed by atoms with Crippen LogP contribution in [0.25, 0.3) is 0 Å². The second kappa shape index (κ2) is 10.4. The van der Waals surface area contributed by atoms with E-state index in [1.54, 1.807) is 12.1 Å². The lowest BCUT2D eigenvalue weighted by molar-refractivity contribution is 0.215. The Morgan fingerprint density at radius 1 is 0.970 bits per heavy atom. The van der Waals surface area contributed by atoms with Crippen molar-refractivity contribution in [2.75, 3.05) is 36.4 Å². The van der Waals surface area contributed by atoms with E-state index in [-0.39, 0.29) is 6.03 Å². The van der Waals surface area contributed by atoms with Crippen molar-refractivity contribution in [3.63, 3.8) is 0 Å². The van der Waals surface area contributed by atoms with Crippen LogP contribution in [0.4, 0.5) is 16.3 Å². The maximum atomic E-state index is 12.8. The smallest absolute Gasteiger partial charge is 0.321 e. The molecule has 172 valence electrons. The molecular weight excluding hydrogens is 457 g/mol. The molecule has 6 nitrogen and oxygen atoms in total. The van der Waals surface area contributed by atoms with E-state index in [2.05, 4.69) is 15.2 Å². The van der Waals surface area contributed by atoms with Gasteiger partial charge in [-0.25, -0.2) is 14.8 Å². The fourth-order valence-electron chi connectivity index (χ4n) is 4.09. The van der Waals surface area contributed by atoms with Crippen LogP contribution in [-0.2, 0) is 6.42 Å². The number of hydrogen-bond donors (Lipinski definition) is 1. The van der Waals surface area contributed by atoms with Crippen LogP contribution in [0.5, 0.6) is 0 Å². The Kier molecular flexibility index (Phi) is 7.36. The van der Waals surface area contributed by atoms with Crippen molar-refractivity contribution in [2.45, 2.75) is 26.7 Å². The number of amides is 2. The molecule has 3 aromatic rings. The fraction of sp³-hybridized carbons (Fsp3) is 0.320. The first-order valence-electron chi connectivity index (χ1n) is 11.0. The summed E-state index contributed by atoms with van der Waals surface area (Å²) in [6.07, 6.45) is 1.58. The number of benzene rings is 2. The highest BCUT2D eigenvalue weighted by atomic mass is 35.5. The molecule has 2 heterocycles. The zero-order valence-corrected chi connectivity index (χ0v) is 20.3. The van der Waals surface area contributed by atoms with E-state index in [0.717, 1.165) is 52.9 Å². The molecule has 8 heteroatoms. The van der Waals surface area contributed by atoms with Gasteiger partial charge in [-0.2, -0.15) is 0 Å². The number of nitrogens with one attached hydrogen (secondary N) is 1. The van der Waals surface area contributed by atoms with Crippen molar-refractivity contribution in [1.29, 1.82) is 0 Å². The van der Waals surface area contributed by atoms with Gasteiger partial charge in [-0.1, -0.05) is 41.4 Å². The number of carbonyl (C=O) groups excluding carboxylic acids is 1. The molecule has 0 saturated carbocycles. The molecule has 1 aliphatic heterocycles. The SMILES string of the molecule is Cc1nc(C)c(Cc2ccc(Cl)cc2)c(N2CCCN(C(=O)Nc3cccc(Cl)c3)CC2)n1. The van der Waals surface area contributed by atoms with Gasteiger partial charge in [0.2, 0.25) is 0 Å². The summed E-state index contributed by atoms with van der Waals surface area (Å²) in [4.78, 5) is 26.4. The first kappa shape index (κ1) is 23.3. The number of urea groups is 1. The van der Waals surface area contributed by atoms with Crippen molar-refractivity contribution < 1.29 is 4.79 Å². The number of carbonyl (C=O) groups is 1. The van der Waals surface area contributed by atoms with Gasteiger partial charge in [0.15, 0.2) is 0 Å². The largest absolute Gasteiger partial charge is 0.354 e. The van der Waals surface area contributed by atoms with Gasteiger partial charge in [-0.3, -0.25) is 0 Å². The molecule has 0 bridgehead atoms. The van der Waals surface area contributed by atoms with E-state index in [1.807, 2.05) is 55.1 Å². The molecule has 0 unspecified atom stereocenters. The Bertz CT molecular complexity index is 1140. The number of aromatic nitrogens is 2. The first-order valence-corrected chi connectivity index (χ1v) is 11.8. The van der Waals surface area contributed by atoms with E-state index >= 15 is 0 Å². The number of nitrogens with zero attached hydrogens (tertiary/aromatic N) is 4. The Morgan fingerprint density at radius 3 is 2.52 bits per heavy atom. The number of aryl methyl sites for hydroxylation is 2. The summed E-state index contributed by atoms with van der Waals surface area (Å²) < 4.78 is 0. The Balaban J connectivity index is 1.50. The molecular formula is C25H27Cl2N5O. The molecule has 4 rings (SSSR count). The van der Waals surface area contributed by atoms with E-state index < -0.39 is 0 Å². The minimum Gasteiger partial charge on any atom is -0.354 e. The molecule has 2 aromatic carbocycles. The minimum atomic E-state index is -0.115. The molecule has 0 aliphatic carbocycles. The van der Waals surface area contributed by atoms with Crippen molar-refractivity contribution in [2.24, 2.45) is 0 Å². The molecule has 1 fully saturated rings. The normalized spacial score (nSPS) is 14.2. The van der Waals surface area contributed by atoms with Gasteiger partial charge in [0, 0.05) is 59.6 Å². The molecule has 33 heavy (non-hydrogen) atoms. The Morgan fingerprint density at radius 2 is 1.76 bits per heavy atom. The summed E-state index contributed by atoms with van der Waals surface area (Å²) in [5, 5.41) is 4.27. The second-order valence-electron chi connectivity index (χ2n) is 8.23. The van der Waals surface area contributed by atoms with Gasteiger partial charge < -0.3 is 15.1 Å². The lowest BCUT2D eigenvalue weighted by Crippen LogP contribution is -2.38. The van der Waals surface area contributed by atoms with Crippen LogP contribution >= 0.6 is 23.2 Å². The summed E-state index contributed by atoms with van der Waals surface area (Å²) in [5.74, 6) is 1.70. The molecule has 1 N–H and O–H groups in total. The number of rotatable bonds is 4. The predicted molar refractivity (Wildman–Crippen MR) is 135 cm³/mol. The van der Waals surface area contributed by atoms with Crippen molar-refractivity contribution >= 4 is 40.7 Å². The van der Waals surface area contributed by atoms with Gasteiger partial charge in [0.1, 0.15) is 11.6 Å². The molecule has 0 spiro atoms. The summed E-state index contributed by atoms with van der Waals surface area (Å²) in [5.41, 5.74) is 3.95. The Hall–Kier alpha value is -2.83. The topological polar surface area (TPSA) is 61.4 Å². The lowest BCUT2D eigenvalue weighted by Gasteiger charge is -2.26. The van der Waals surface area contributed by atoms with Crippen LogP contribution in [0.3, 0.4) is 0 Å². The Labute approximate surface area is 204 Å². The molecule has 1 saturated heterocycles. The lowest BCUT2D eigenvalue weighted by atomic mass is 10.0. The van der Waals surface area contributed by atoms with Crippen LogP contribution in [0.1, 0.15) is 29.1 Å². The number of hydrogen-bond acceptors (Lipinski definition) is 4. The zero-order chi connectivity index (χ0) is 23.4. The third-order valence-electron chi connectivity index (χ3n) is 5.76. The average molecular weight is 484 g/mol. The number of halogens is 2. The summed E-state index contributed by atoms with van der Waals surface area (Å²) in [7, 11) is 0. The maximum absolute atomic E-state index is 12.8. The highest BCUT2D eigenvalue weighted by Gasteiger charge is 2.23. The van der Waals surface area contributed by atoms with Crippen LogP contribution in [0, 0.1) is 13.8 Å². The summed E-state index contributed by atoms with van der Waals surface area (Å²) in [6, 6.07) is 15.0. The highest BCUT2D eigenvalue weighted by molar-refractivity contribution is 6.31. The quantitative estimate of drug-likeness (QED) is 0.514. The minimum absolute atomic E-state index is 0.115. The standard InChI is InChI=1S/C25H27Cl2N5O/c1-17-23(15-19-7-9-20(26)10-8-19)24(29-18(2)28-17)31-11-4-12-32(14-13-31)25(33)30-22-6-3-5-21(27)16-22/h3,5-10,16H,4,11-15H2,1-2H3,(H,30,33). The van der Waals surface area contributed by atoms with Gasteiger partial charge in [-0.15, -0.1) is 0 Å². The van der Waals surface area contributed by atoms with Gasteiger partial charge in [0.25, 0.3) is 0 Å². The van der Waals surface area contributed by atoms with Gasteiger partial charge in [0.05, 0.1) is 0 Å². The van der Waals surface area contributed by atoms with E-state index in [9.17, 15) is 4.79 Å². The predicted octanol–water partition coefficient (Wildman–Crippen LogP) is 5.74. The van der Waals surface area contributed by atoms with Crippen molar-refractivity contribution in [1.82, 2.24) is 14.9 Å². The monoisotopic (exact) mass is 483 g/mol. The van der Waals surface area contributed by atoms with Crippen LogP contribution in [0.15, 0.2) is 48.5 Å². The molecule has 1 aliphatic rings. The highest BCUT2D eigenvalue weighted by Crippen LogP contribution is 2.26. The van der Waals surface area contributed by atoms with Crippen molar-refractivity contribution in [3.05, 3.63) is 81.2 Å². The summed E-state index contributed by atoms with van der Waals surface area (Å²) >= 11 is 12.1. The molecule has 1 aromatic heterocycles. The molecule has 0 radical (unpaired) electrons. The van der Waals surface area contributed by atoms with Gasteiger partial charge in [-0.05, 0) is 56.2 Å². The van der Waals surface area contributed by atoms with Crippen LogP contribution in [-0.4, -0.2) is 47.1 Å². The number of anilines is 2. The fourth-order valence-corrected chi connectivity index (χ4v) is 4.41. The molecule has 2 amide bonds. The average Bonchev–Trinajstić information content (AvgIpc) is 3.03. The van der Waals surface area contributed by atoms with E-state index in [0.29, 0.717) is 30.3 Å². The van der Waals surface area contributed by atoms with E-state index in [1.165, 1.54) is 0 Å². The second-order valence-corrected chi connectivity index (χ2v) is 9.10. The summed E-state index contributed by atoms with van der Waals surface area (Å²) in [6.45, 7) is 6.77. The van der Waals surface area contributed by atoms with Crippen LogP contribution in [0.2, 0.25) is 10.0 Å². The maximum Gasteiger partial charge on any atom is 0.321 e. The van der Waals surface area contributed by atoms with Crippen molar-refractivity contribution in [3.8, 4) is 0 Å². The first-order chi connectivity index (χ1) is 15.9. The molecule has 0 atom stereocenters. The van der Waals surface area contributed by atoms with Gasteiger partial charge >= 0.3 is 6.03 Å². The zero-order valence-electron chi connectivity index (χ0n) is 18.8. The third-order valence-corrected chi connectivity index (χ3v) is 6.24. The van der Waals surface area contributed by atoms with Crippen LogP contribution < -0.4 is 10.2 Å².